The molecule has 0 radical (unpaired) electrons. The zero-order chi connectivity index (χ0) is 11.5. The van der Waals surface area contributed by atoms with E-state index < -0.39 is 0 Å². The molecule has 4 nitrogen and oxygen atoms in total. The summed E-state index contributed by atoms with van der Waals surface area (Å²) < 4.78 is 11.0. The van der Waals surface area contributed by atoms with E-state index in [1.54, 1.807) is 0 Å². The highest BCUT2D eigenvalue weighted by molar-refractivity contribution is 5.19. The molecule has 0 amide bonds. The summed E-state index contributed by atoms with van der Waals surface area (Å²) in [5, 5.41) is 3.92. The van der Waals surface area contributed by atoms with Crippen LogP contribution in [-0.2, 0) is 11.3 Å². The van der Waals surface area contributed by atoms with E-state index in [9.17, 15) is 0 Å². The Morgan fingerprint density at radius 1 is 1.31 bits per heavy atom. The molecule has 1 heterocycles. The molecule has 2 rings (SSSR count). The van der Waals surface area contributed by atoms with Gasteiger partial charge in [-0.25, -0.2) is 0 Å². The molecule has 1 aromatic heterocycles. The molecule has 1 saturated carbocycles. The lowest BCUT2D eigenvalue weighted by Gasteiger charge is -2.26. The summed E-state index contributed by atoms with van der Waals surface area (Å²) in [5.41, 5.74) is 7.88. The highest BCUT2D eigenvalue weighted by Crippen LogP contribution is 2.22. The Hall–Kier alpha value is -0.870. The molecular formula is C12H20N2O2. The van der Waals surface area contributed by atoms with Gasteiger partial charge in [0, 0.05) is 11.6 Å². The molecule has 90 valence electrons. The topological polar surface area (TPSA) is 61.3 Å². The molecule has 2 N–H and O–H groups in total. The van der Waals surface area contributed by atoms with E-state index >= 15 is 0 Å². The third kappa shape index (κ3) is 2.62. The normalized spacial score (nSPS) is 25.9. The van der Waals surface area contributed by atoms with Gasteiger partial charge in [-0.15, -0.1) is 0 Å². The van der Waals surface area contributed by atoms with Gasteiger partial charge in [0.1, 0.15) is 5.76 Å². The highest BCUT2D eigenvalue weighted by atomic mass is 16.5. The van der Waals surface area contributed by atoms with Crippen molar-refractivity contribution in [3.8, 4) is 0 Å². The second kappa shape index (κ2) is 4.97. The molecule has 1 fully saturated rings. The van der Waals surface area contributed by atoms with Crippen molar-refractivity contribution in [3.05, 3.63) is 17.0 Å². The van der Waals surface area contributed by atoms with Crippen molar-refractivity contribution < 1.29 is 9.26 Å². The molecule has 1 aliphatic rings. The highest BCUT2D eigenvalue weighted by Gasteiger charge is 2.20. The summed E-state index contributed by atoms with van der Waals surface area (Å²) in [7, 11) is 0. The van der Waals surface area contributed by atoms with E-state index in [-0.39, 0.29) is 0 Å². The van der Waals surface area contributed by atoms with E-state index in [2.05, 4.69) is 5.16 Å². The molecule has 0 atom stereocenters. The van der Waals surface area contributed by atoms with E-state index in [1.807, 2.05) is 13.8 Å². The van der Waals surface area contributed by atoms with Gasteiger partial charge in [-0.2, -0.15) is 0 Å². The zero-order valence-electron chi connectivity index (χ0n) is 10.0. The van der Waals surface area contributed by atoms with Crippen molar-refractivity contribution in [1.82, 2.24) is 5.16 Å². The molecule has 0 unspecified atom stereocenters. The number of ether oxygens (including phenoxy) is 1. The zero-order valence-corrected chi connectivity index (χ0v) is 10.0. The van der Waals surface area contributed by atoms with E-state index in [0.29, 0.717) is 18.8 Å². The van der Waals surface area contributed by atoms with Crippen LogP contribution in [0.15, 0.2) is 4.52 Å². The Kier molecular flexibility index (Phi) is 3.61. The SMILES string of the molecule is Cc1noc(C)c1COC1CCC(N)CC1. The minimum Gasteiger partial charge on any atom is -0.373 e. The Bertz CT molecular complexity index is 321. The lowest BCUT2D eigenvalue weighted by molar-refractivity contribution is 0.0131. The first-order valence-electron chi connectivity index (χ1n) is 5.95. The molecule has 0 saturated heterocycles. The van der Waals surface area contributed by atoms with Crippen LogP contribution < -0.4 is 5.73 Å². The fourth-order valence-electron chi connectivity index (χ4n) is 2.16. The van der Waals surface area contributed by atoms with Gasteiger partial charge in [0.15, 0.2) is 0 Å². The van der Waals surface area contributed by atoms with Gasteiger partial charge in [-0.1, -0.05) is 5.16 Å². The van der Waals surface area contributed by atoms with Gasteiger partial charge in [0.25, 0.3) is 0 Å². The van der Waals surface area contributed by atoms with Crippen molar-refractivity contribution in [2.75, 3.05) is 0 Å². The van der Waals surface area contributed by atoms with Crippen molar-refractivity contribution in [1.29, 1.82) is 0 Å². The maximum Gasteiger partial charge on any atom is 0.139 e. The third-order valence-electron chi connectivity index (χ3n) is 3.36. The number of aryl methyl sites for hydroxylation is 2. The van der Waals surface area contributed by atoms with Crippen LogP contribution >= 0.6 is 0 Å². The third-order valence-corrected chi connectivity index (χ3v) is 3.36. The summed E-state index contributed by atoms with van der Waals surface area (Å²) in [5.74, 6) is 0.866. The van der Waals surface area contributed by atoms with Gasteiger partial charge >= 0.3 is 0 Å². The van der Waals surface area contributed by atoms with Gasteiger partial charge in [-0.05, 0) is 39.5 Å². The minimum absolute atomic E-state index is 0.355. The summed E-state index contributed by atoms with van der Waals surface area (Å²) in [6.45, 7) is 4.49. The fraction of sp³-hybridized carbons (Fsp3) is 0.750. The lowest BCUT2D eigenvalue weighted by atomic mass is 9.94. The van der Waals surface area contributed by atoms with Crippen LogP contribution in [0.5, 0.6) is 0 Å². The van der Waals surface area contributed by atoms with Crippen molar-refractivity contribution in [3.63, 3.8) is 0 Å². The molecule has 4 heteroatoms. The Labute approximate surface area is 96.1 Å². The molecule has 0 bridgehead atoms. The van der Waals surface area contributed by atoms with Crippen molar-refractivity contribution in [2.45, 2.75) is 58.3 Å². The Morgan fingerprint density at radius 3 is 2.56 bits per heavy atom. The van der Waals surface area contributed by atoms with Crippen LogP contribution in [-0.4, -0.2) is 17.3 Å². The average molecular weight is 224 g/mol. The predicted molar refractivity (Wildman–Crippen MR) is 61.0 cm³/mol. The molecular weight excluding hydrogens is 204 g/mol. The van der Waals surface area contributed by atoms with Crippen LogP contribution in [0.3, 0.4) is 0 Å². The van der Waals surface area contributed by atoms with Gasteiger partial charge in [-0.3, -0.25) is 0 Å². The Balaban J connectivity index is 1.83. The first kappa shape index (κ1) is 11.6. The number of nitrogens with two attached hydrogens (primary N) is 1. The molecule has 1 aromatic rings. The fourth-order valence-corrected chi connectivity index (χ4v) is 2.16. The summed E-state index contributed by atoms with van der Waals surface area (Å²) in [6, 6.07) is 0.374. The second-order valence-electron chi connectivity index (χ2n) is 4.65. The maximum absolute atomic E-state index is 5.88. The van der Waals surface area contributed by atoms with Crippen LogP contribution in [0.25, 0.3) is 0 Å². The minimum atomic E-state index is 0.355. The summed E-state index contributed by atoms with van der Waals surface area (Å²) in [4.78, 5) is 0. The summed E-state index contributed by atoms with van der Waals surface area (Å²) in [6.07, 6.45) is 4.65. The van der Waals surface area contributed by atoms with Gasteiger partial charge in [0.05, 0.1) is 18.4 Å². The van der Waals surface area contributed by atoms with Crippen LogP contribution in [0.2, 0.25) is 0 Å². The number of rotatable bonds is 3. The number of aromatic nitrogens is 1. The Morgan fingerprint density at radius 2 is 2.00 bits per heavy atom. The first-order chi connectivity index (χ1) is 7.66. The van der Waals surface area contributed by atoms with Gasteiger partial charge < -0.3 is 15.0 Å². The van der Waals surface area contributed by atoms with Crippen molar-refractivity contribution in [2.24, 2.45) is 5.73 Å². The standard InChI is InChI=1S/C12H20N2O2/c1-8-12(9(2)16-14-8)7-15-11-5-3-10(13)4-6-11/h10-11H,3-7,13H2,1-2H3. The number of nitrogens with zero attached hydrogens (tertiary/aromatic N) is 1. The lowest BCUT2D eigenvalue weighted by Crippen LogP contribution is -2.30. The van der Waals surface area contributed by atoms with Crippen LogP contribution in [0.4, 0.5) is 0 Å². The van der Waals surface area contributed by atoms with Crippen molar-refractivity contribution >= 4 is 0 Å². The average Bonchev–Trinajstić information content (AvgIpc) is 2.59. The quantitative estimate of drug-likeness (QED) is 0.853. The predicted octanol–water partition coefficient (Wildman–Crippen LogP) is 2.08. The molecule has 0 aliphatic heterocycles. The van der Waals surface area contributed by atoms with E-state index in [4.69, 9.17) is 15.0 Å². The largest absolute Gasteiger partial charge is 0.373 e. The van der Waals surface area contributed by atoms with E-state index in [1.165, 1.54) is 0 Å². The van der Waals surface area contributed by atoms with E-state index in [0.717, 1.165) is 42.7 Å². The first-order valence-corrected chi connectivity index (χ1v) is 5.95. The van der Waals surface area contributed by atoms with Crippen LogP contribution in [0, 0.1) is 13.8 Å². The molecule has 0 aromatic carbocycles. The van der Waals surface area contributed by atoms with Crippen LogP contribution in [0.1, 0.15) is 42.7 Å². The van der Waals surface area contributed by atoms with Gasteiger partial charge in [0.2, 0.25) is 0 Å². The second-order valence-corrected chi connectivity index (χ2v) is 4.65. The summed E-state index contributed by atoms with van der Waals surface area (Å²) >= 11 is 0. The molecule has 0 spiro atoms. The smallest absolute Gasteiger partial charge is 0.139 e. The number of hydrogen-bond acceptors (Lipinski definition) is 4. The molecule has 16 heavy (non-hydrogen) atoms. The monoisotopic (exact) mass is 224 g/mol. The molecule has 1 aliphatic carbocycles. The maximum atomic E-state index is 5.88. The number of hydrogen-bond donors (Lipinski definition) is 1.